The van der Waals surface area contributed by atoms with Crippen LogP contribution in [0.2, 0.25) is 0 Å². The van der Waals surface area contributed by atoms with Crippen LogP contribution in [0.3, 0.4) is 0 Å². The molecule has 4 rings (SSSR count). The molecule has 3 aromatic rings. The predicted molar refractivity (Wildman–Crippen MR) is 113 cm³/mol. The highest BCUT2D eigenvalue weighted by molar-refractivity contribution is 6.09. The third-order valence-electron chi connectivity index (χ3n) is 5.28. The highest BCUT2D eigenvalue weighted by Crippen LogP contribution is 2.39. The second-order valence-corrected chi connectivity index (χ2v) is 7.28. The molecular formula is C25H22N2O3. The van der Waals surface area contributed by atoms with Crippen molar-refractivity contribution in [2.24, 2.45) is 0 Å². The van der Waals surface area contributed by atoms with Crippen molar-refractivity contribution >= 4 is 11.7 Å². The van der Waals surface area contributed by atoms with Gasteiger partial charge in [0.05, 0.1) is 11.6 Å². The van der Waals surface area contributed by atoms with E-state index in [9.17, 15) is 14.7 Å². The number of pyridine rings is 1. The summed E-state index contributed by atoms with van der Waals surface area (Å²) < 4.78 is 0. The lowest BCUT2D eigenvalue weighted by Crippen LogP contribution is -2.30. The zero-order chi connectivity index (χ0) is 20.9. The Bertz CT molecular complexity index is 1060. The Morgan fingerprint density at radius 2 is 1.60 bits per heavy atom. The zero-order valence-corrected chi connectivity index (χ0v) is 16.4. The number of benzene rings is 2. The van der Waals surface area contributed by atoms with Crippen LogP contribution in [0, 0.1) is 0 Å². The zero-order valence-electron chi connectivity index (χ0n) is 16.4. The van der Waals surface area contributed by atoms with Gasteiger partial charge in [0, 0.05) is 25.4 Å². The third-order valence-corrected chi connectivity index (χ3v) is 5.28. The first kappa shape index (κ1) is 19.6. The number of carbonyl (C=O) groups is 2. The largest absolute Gasteiger partial charge is 0.503 e. The summed E-state index contributed by atoms with van der Waals surface area (Å²) in [6, 6.07) is 22.1. The second-order valence-electron chi connectivity index (χ2n) is 7.28. The van der Waals surface area contributed by atoms with Crippen molar-refractivity contribution in [1.82, 2.24) is 9.88 Å². The Kier molecular flexibility index (Phi) is 5.70. The molecule has 1 N–H and O–H groups in total. The molecule has 5 heteroatoms. The molecule has 0 fully saturated rings. The summed E-state index contributed by atoms with van der Waals surface area (Å²) in [5, 5.41) is 10.7. The number of aryl methyl sites for hydroxylation is 1. The van der Waals surface area contributed by atoms with Crippen LogP contribution in [0.1, 0.15) is 29.2 Å². The van der Waals surface area contributed by atoms with Crippen molar-refractivity contribution in [3.8, 4) is 0 Å². The van der Waals surface area contributed by atoms with Crippen LogP contribution in [0.25, 0.3) is 0 Å². The van der Waals surface area contributed by atoms with Crippen molar-refractivity contribution in [2.45, 2.75) is 25.4 Å². The number of carbonyl (C=O) groups excluding carboxylic acids is 2. The highest BCUT2D eigenvalue weighted by Gasteiger charge is 2.43. The van der Waals surface area contributed by atoms with Crippen molar-refractivity contribution in [2.75, 3.05) is 0 Å². The second kappa shape index (κ2) is 8.74. The summed E-state index contributed by atoms with van der Waals surface area (Å²) in [7, 11) is 0. The fourth-order valence-corrected chi connectivity index (χ4v) is 3.81. The molecule has 0 bridgehead atoms. The fraction of sp³-hybridized carbons (Fsp3) is 0.160. The van der Waals surface area contributed by atoms with Crippen molar-refractivity contribution in [1.29, 1.82) is 0 Å². The summed E-state index contributed by atoms with van der Waals surface area (Å²) in [5.74, 6) is -1.20. The van der Waals surface area contributed by atoms with E-state index in [1.807, 2.05) is 66.7 Å². The van der Waals surface area contributed by atoms with Gasteiger partial charge < -0.3 is 10.0 Å². The Morgan fingerprint density at radius 3 is 2.27 bits per heavy atom. The fourth-order valence-electron chi connectivity index (χ4n) is 3.81. The molecule has 0 radical (unpaired) electrons. The van der Waals surface area contributed by atoms with E-state index in [0.29, 0.717) is 6.42 Å². The molecule has 5 nitrogen and oxygen atoms in total. The SMILES string of the molecule is O=C(CCc1ccccc1)C1=C(O)C(=O)N(Cc2cccnc2)C1c1ccccc1. The van der Waals surface area contributed by atoms with Crippen molar-refractivity contribution in [3.05, 3.63) is 113 Å². The Hall–Kier alpha value is -3.73. The number of aliphatic hydroxyl groups excluding tert-OH is 1. The average molecular weight is 398 g/mol. The first-order valence-corrected chi connectivity index (χ1v) is 9.90. The predicted octanol–water partition coefficient (Wildman–Crippen LogP) is 4.18. The smallest absolute Gasteiger partial charge is 0.290 e. The molecule has 2 heterocycles. The maximum atomic E-state index is 13.1. The van der Waals surface area contributed by atoms with E-state index in [1.54, 1.807) is 18.5 Å². The molecule has 30 heavy (non-hydrogen) atoms. The van der Waals surface area contributed by atoms with E-state index in [-0.39, 0.29) is 24.3 Å². The summed E-state index contributed by atoms with van der Waals surface area (Å²) in [4.78, 5) is 31.7. The van der Waals surface area contributed by atoms with E-state index >= 15 is 0 Å². The molecular weight excluding hydrogens is 376 g/mol. The highest BCUT2D eigenvalue weighted by atomic mass is 16.3. The van der Waals surface area contributed by atoms with Crippen LogP contribution < -0.4 is 0 Å². The molecule has 150 valence electrons. The molecule has 1 amide bonds. The van der Waals surface area contributed by atoms with Gasteiger partial charge >= 0.3 is 0 Å². The molecule has 1 aromatic heterocycles. The monoisotopic (exact) mass is 398 g/mol. The number of ketones is 1. The number of hydrogen-bond donors (Lipinski definition) is 1. The summed E-state index contributed by atoms with van der Waals surface area (Å²) >= 11 is 0. The van der Waals surface area contributed by atoms with Crippen LogP contribution in [0.4, 0.5) is 0 Å². The van der Waals surface area contributed by atoms with Gasteiger partial charge in [-0.05, 0) is 29.2 Å². The lowest BCUT2D eigenvalue weighted by atomic mass is 9.93. The van der Waals surface area contributed by atoms with Gasteiger partial charge in [0.15, 0.2) is 11.5 Å². The normalized spacial score (nSPS) is 16.2. The Balaban J connectivity index is 1.64. The lowest BCUT2D eigenvalue weighted by Gasteiger charge is -2.27. The van der Waals surface area contributed by atoms with Crippen LogP contribution in [-0.4, -0.2) is 26.7 Å². The summed E-state index contributed by atoms with van der Waals surface area (Å²) in [6.07, 6.45) is 4.12. The minimum absolute atomic E-state index is 0.172. The molecule has 0 spiro atoms. The molecule has 0 saturated carbocycles. The topological polar surface area (TPSA) is 70.5 Å². The molecule has 1 unspecified atom stereocenters. The number of hydrogen-bond acceptors (Lipinski definition) is 4. The van der Waals surface area contributed by atoms with Crippen LogP contribution in [0.15, 0.2) is 96.5 Å². The van der Waals surface area contributed by atoms with Gasteiger partial charge in [0.2, 0.25) is 0 Å². The lowest BCUT2D eigenvalue weighted by molar-refractivity contribution is -0.130. The van der Waals surface area contributed by atoms with Crippen LogP contribution in [-0.2, 0) is 22.6 Å². The quantitative estimate of drug-likeness (QED) is 0.648. The van der Waals surface area contributed by atoms with E-state index in [2.05, 4.69) is 4.98 Å². The van der Waals surface area contributed by atoms with Crippen molar-refractivity contribution in [3.63, 3.8) is 0 Å². The van der Waals surface area contributed by atoms with Gasteiger partial charge in [-0.2, -0.15) is 0 Å². The van der Waals surface area contributed by atoms with Gasteiger partial charge in [-0.1, -0.05) is 66.7 Å². The molecule has 1 aliphatic rings. The van der Waals surface area contributed by atoms with Gasteiger partial charge in [-0.25, -0.2) is 0 Å². The first-order valence-electron chi connectivity index (χ1n) is 9.90. The molecule has 1 aliphatic heterocycles. The number of aromatic nitrogens is 1. The van der Waals surface area contributed by atoms with E-state index in [4.69, 9.17) is 0 Å². The van der Waals surface area contributed by atoms with Crippen LogP contribution in [0.5, 0.6) is 0 Å². The van der Waals surface area contributed by atoms with Crippen molar-refractivity contribution < 1.29 is 14.7 Å². The van der Waals surface area contributed by atoms with E-state index in [0.717, 1.165) is 16.7 Å². The number of aliphatic hydroxyl groups is 1. The molecule has 2 aromatic carbocycles. The van der Waals surface area contributed by atoms with Gasteiger partial charge in [0.1, 0.15) is 0 Å². The molecule has 1 atom stereocenters. The number of amides is 1. The van der Waals surface area contributed by atoms with Gasteiger partial charge in [-0.15, -0.1) is 0 Å². The summed E-state index contributed by atoms with van der Waals surface area (Å²) in [6.45, 7) is 0.256. The molecule has 0 saturated heterocycles. The van der Waals surface area contributed by atoms with E-state index in [1.165, 1.54) is 4.90 Å². The standard InChI is InChI=1S/C25H22N2O3/c28-21(14-13-18-8-3-1-4-9-18)22-23(20-11-5-2-6-12-20)27(25(30)24(22)29)17-19-10-7-15-26-16-19/h1-12,15-16,23,29H,13-14,17H2. The van der Waals surface area contributed by atoms with Gasteiger partial charge in [-0.3, -0.25) is 14.6 Å². The Morgan fingerprint density at radius 1 is 0.933 bits per heavy atom. The maximum absolute atomic E-state index is 13.1. The van der Waals surface area contributed by atoms with E-state index < -0.39 is 17.7 Å². The summed E-state index contributed by atoms with van der Waals surface area (Å²) in [5.41, 5.74) is 2.84. The number of nitrogens with zero attached hydrogens (tertiary/aromatic N) is 2. The molecule has 0 aliphatic carbocycles. The minimum atomic E-state index is -0.623. The maximum Gasteiger partial charge on any atom is 0.290 e. The number of rotatable bonds is 7. The third kappa shape index (κ3) is 4.01. The Labute approximate surface area is 175 Å². The van der Waals surface area contributed by atoms with Crippen LogP contribution >= 0.6 is 0 Å². The first-order chi connectivity index (χ1) is 14.6. The van der Waals surface area contributed by atoms with Gasteiger partial charge in [0.25, 0.3) is 5.91 Å². The number of Topliss-reactive ketones (excluding diaryl/α,β-unsaturated/α-hetero) is 1. The average Bonchev–Trinajstić information content (AvgIpc) is 3.04. The minimum Gasteiger partial charge on any atom is -0.503 e.